The van der Waals surface area contributed by atoms with E-state index < -0.39 is 0 Å². The summed E-state index contributed by atoms with van der Waals surface area (Å²) in [6, 6.07) is 11.1. The third kappa shape index (κ3) is 2.73. The van der Waals surface area contributed by atoms with Crippen LogP contribution in [0.1, 0.15) is 5.69 Å². The molecule has 28 heavy (non-hydrogen) atoms. The molecule has 4 aromatic heterocycles. The van der Waals surface area contributed by atoms with Gasteiger partial charge in [-0.3, -0.25) is 10.1 Å². The molecule has 0 radical (unpaired) electrons. The van der Waals surface area contributed by atoms with Gasteiger partial charge in [0.05, 0.1) is 40.8 Å². The highest BCUT2D eigenvalue weighted by molar-refractivity contribution is 5.89. The van der Waals surface area contributed by atoms with E-state index in [1.54, 1.807) is 25.5 Å². The Kier molecular flexibility index (Phi) is 3.72. The van der Waals surface area contributed by atoms with Crippen LogP contribution in [-0.2, 0) is 0 Å². The number of aromatic nitrogens is 6. The Morgan fingerprint density at radius 2 is 1.82 bits per heavy atom. The number of benzene rings is 1. The summed E-state index contributed by atoms with van der Waals surface area (Å²) in [5.41, 5.74) is 6.29. The number of imidazole rings is 1. The Bertz CT molecular complexity index is 1290. The average Bonchev–Trinajstić information content (AvgIpc) is 3.41. The molecule has 5 aromatic rings. The van der Waals surface area contributed by atoms with Gasteiger partial charge in [0.15, 0.2) is 0 Å². The summed E-state index contributed by atoms with van der Waals surface area (Å²) in [4.78, 5) is 16.5. The van der Waals surface area contributed by atoms with Crippen LogP contribution in [0.5, 0.6) is 0 Å². The van der Waals surface area contributed by atoms with E-state index in [1.807, 2.05) is 30.6 Å². The van der Waals surface area contributed by atoms with Gasteiger partial charge in [-0.1, -0.05) is 6.07 Å². The molecule has 136 valence electrons. The topological polar surface area (TPSA) is 83.1 Å². The summed E-state index contributed by atoms with van der Waals surface area (Å²) >= 11 is 0. The van der Waals surface area contributed by atoms with E-state index in [9.17, 15) is 4.39 Å². The van der Waals surface area contributed by atoms with Crippen LogP contribution in [0.15, 0.2) is 61.3 Å². The van der Waals surface area contributed by atoms with Gasteiger partial charge in [-0.15, -0.1) is 0 Å². The van der Waals surface area contributed by atoms with Crippen LogP contribution in [-0.4, -0.2) is 30.1 Å². The van der Waals surface area contributed by atoms with Gasteiger partial charge >= 0.3 is 0 Å². The number of rotatable bonds is 3. The monoisotopic (exact) mass is 370 g/mol. The van der Waals surface area contributed by atoms with Crippen molar-refractivity contribution in [2.75, 3.05) is 0 Å². The highest BCUT2D eigenvalue weighted by Gasteiger charge is 2.14. The van der Waals surface area contributed by atoms with E-state index in [2.05, 4.69) is 36.2 Å². The van der Waals surface area contributed by atoms with E-state index in [4.69, 9.17) is 0 Å². The second-order valence-corrected chi connectivity index (χ2v) is 6.51. The number of nitrogens with one attached hydrogen (secondary N) is 2. The molecular formula is C21H15FN6. The summed E-state index contributed by atoms with van der Waals surface area (Å²) < 4.78 is 13.6. The lowest BCUT2D eigenvalue weighted by atomic mass is 10.0. The maximum Gasteiger partial charge on any atom is 0.144 e. The van der Waals surface area contributed by atoms with E-state index in [1.165, 1.54) is 6.07 Å². The summed E-state index contributed by atoms with van der Waals surface area (Å²) in [5.74, 6) is -0.326. The number of H-pyrrole nitrogens is 2. The van der Waals surface area contributed by atoms with Crippen molar-refractivity contribution in [1.29, 1.82) is 0 Å². The van der Waals surface area contributed by atoms with E-state index in [-0.39, 0.29) is 5.82 Å². The first-order chi connectivity index (χ1) is 13.7. The number of hydrogen-bond acceptors (Lipinski definition) is 4. The second kappa shape index (κ2) is 6.38. The molecule has 0 spiro atoms. The summed E-state index contributed by atoms with van der Waals surface area (Å²) in [6.45, 7) is 1.65. The van der Waals surface area contributed by atoms with Crippen molar-refractivity contribution in [2.45, 2.75) is 6.92 Å². The minimum absolute atomic E-state index is 0.326. The van der Waals surface area contributed by atoms with Gasteiger partial charge in [-0.05, 0) is 37.3 Å². The van der Waals surface area contributed by atoms with Gasteiger partial charge in [0.25, 0.3) is 0 Å². The standard InChI is InChI=1S/C21H15FN6/c1-12-17(22)3-5-19(28-12)21-20(24-11-25-21)13-2-4-18-14(6-13)7-15(8-23-18)16-9-26-27-10-16/h2-11H,1H3,(H,24,25)(H,26,27). The first-order valence-electron chi connectivity index (χ1n) is 8.75. The molecule has 5 rings (SSSR count). The van der Waals surface area contributed by atoms with E-state index >= 15 is 0 Å². The smallest absolute Gasteiger partial charge is 0.144 e. The Morgan fingerprint density at radius 3 is 2.64 bits per heavy atom. The summed E-state index contributed by atoms with van der Waals surface area (Å²) in [7, 11) is 0. The Balaban J connectivity index is 1.62. The molecule has 1 aromatic carbocycles. The number of nitrogens with zero attached hydrogens (tertiary/aromatic N) is 4. The number of aryl methyl sites for hydroxylation is 1. The number of pyridine rings is 2. The Morgan fingerprint density at radius 1 is 0.929 bits per heavy atom. The van der Waals surface area contributed by atoms with Crippen LogP contribution in [0.4, 0.5) is 4.39 Å². The van der Waals surface area contributed by atoms with Gasteiger partial charge in [0.1, 0.15) is 5.82 Å². The Labute approximate surface area is 159 Å². The molecule has 0 saturated carbocycles. The molecule has 0 atom stereocenters. The molecule has 0 unspecified atom stereocenters. The fraction of sp³-hybridized carbons (Fsp3) is 0.0476. The minimum Gasteiger partial charge on any atom is -0.343 e. The normalized spacial score (nSPS) is 11.2. The summed E-state index contributed by atoms with van der Waals surface area (Å²) in [6.07, 6.45) is 7.05. The fourth-order valence-corrected chi connectivity index (χ4v) is 3.24. The molecule has 0 aliphatic rings. The first kappa shape index (κ1) is 16.3. The van der Waals surface area contributed by atoms with Crippen molar-refractivity contribution >= 4 is 10.9 Å². The lowest BCUT2D eigenvalue weighted by molar-refractivity contribution is 0.610. The van der Waals surface area contributed by atoms with E-state index in [0.29, 0.717) is 11.4 Å². The SMILES string of the molecule is Cc1nc(-c2[nH]cnc2-c2ccc3ncc(-c4cn[nH]c4)cc3c2)ccc1F. The van der Waals surface area contributed by atoms with Gasteiger partial charge in [-0.25, -0.2) is 14.4 Å². The highest BCUT2D eigenvalue weighted by atomic mass is 19.1. The predicted molar refractivity (Wildman–Crippen MR) is 105 cm³/mol. The molecule has 0 aliphatic heterocycles. The molecule has 0 fully saturated rings. The van der Waals surface area contributed by atoms with Crippen LogP contribution in [0.3, 0.4) is 0 Å². The van der Waals surface area contributed by atoms with Crippen LogP contribution < -0.4 is 0 Å². The van der Waals surface area contributed by atoms with E-state index in [0.717, 1.165) is 39.0 Å². The lowest BCUT2D eigenvalue weighted by Crippen LogP contribution is -1.93. The van der Waals surface area contributed by atoms with Gasteiger partial charge in [-0.2, -0.15) is 5.10 Å². The van der Waals surface area contributed by atoms with Crippen LogP contribution in [0, 0.1) is 12.7 Å². The molecule has 6 nitrogen and oxygen atoms in total. The molecule has 4 heterocycles. The zero-order chi connectivity index (χ0) is 19.1. The number of hydrogen-bond donors (Lipinski definition) is 2. The van der Waals surface area contributed by atoms with Crippen molar-refractivity contribution in [3.05, 3.63) is 72.8 Å². The zero-order valence-electron chi connectivity index (χ0n) is 14.9. The Hall–Kier alpha value is -3.87. The molecule has 7 heteroatoms. The minimum atomic E-state index is -0.326. The van der Waals surface area contributed by atoms with Crippen molar-refractivity contribution in [1.82, 2.24) is 30.1 Å². The zero-order valence-corrected chi connectivity index (χ0v) is 14.9. The van der Waals surface area contributed by atoms with Gasteiger partial charge < -0.3 is 4.98 Å². The highest BCUT2D eigenvalue weighted by Crippen LogP contribution is 2.31. The first-order valence-corrected chi connectivity index (χ1v) is 8.75. The van der Waals surface area contributed by atoms with Crippen molar-refractivity contribution < 1.29 is 4.39 Å². The molecule has 0 bridgehead atoms. The third-order valence-electron chi connectivity index (χ3n) is 4.70. The van der Waals surface area contributed by atoms with Gasteiger partial charge in [0, 0.05) is 34.5 Å². The molecule has 0 aliphatic carbocycles. The fourth-order valence-electron chi connectivity index (χ4n) is 3.24. The number of halogens is 1. The van der Waals surface area contributed by atoms with Gasteiger partial charge in [0.2, 0.25) is 0 Å². The second-order valence-electron chi connectivity index (χ2n) is 6.51. The largest absolute Gasteiger partial charge is 0.343 e. The van der Waals surface area contributed by atoms with Crippen LogP contribution in [0.25, 0.3) is 44.7 Å². The molecule has 0 saturated heterocycles. The maximum absolute atomic E-state index is 13.6. The summed E-state index contributed by atoms with van der Waals surface area (Å²) in [5, 5.41) is 7.81. The van der Waals surface area contributed by atoms with Crippen molar-refractivity contribution in [3.8, 4) is 33.8 Å². The van der Waals surface area contributed by atoms with Crippen molar-refractivity contribution in [2.24, 2.45) is 0 Å². The van der Waals surface area contributed by atoms with Crippen LogP contribution in [0.2, 0.25) is 0 Å². The lowest BCUT2D eigenvalue weighted by Gasteiger charge is -2.06. The number of fused-ring (bicyclic) bond motifs is 1. The quantitative estimate of drug-likeness (QED) is 0.489. The third-order valence-corrected chi connectivity index (χ3v) is 4.70. The average molecular weight is 370 g/mol. The number of aromatic amines is 2. The predicted octanol–water partition coefficient (Wildman–Crippen LogP) is 4.52. The molecule has 0 amide bonds. The van der Waals surface area contributed by atoms with Crippen molar-refractivity contribution in [3.63, 3.8) is 0 Å². The molecule has 2 N–H and O–H groups in total. The molecular weight excluding hydrogens is 355 g/mol. The maximum atomic E-state index is 13.6. The van der Waals surface area contributed by atoms with Crippen LogP contribution >= 0.6 is 0 Å².